The van der Waals surface area contributed by atoms with Gasteiger partial charge in [-0.05, 0) is 25.1 Å². The molecule has 1 saturated heterocycles. The van der Waals surface area contributed by atoms with Gasteiger partial charge in [0.1, 0.15) is 11.6 Å². The number of methoxy groups -OCH3 is 1. The molecule has 0 spiro atoms. The topological polar surface area (TPSA) is 58.5 Å². The maximum Gasteiger partial charge on any atom is 0.142 e. The summed E-state index contributed by atoms with van der Waals surface area (Å²) in [5, 5.41) is 3.62. The van der Waals surface area contributed by atoms with Crippen molar-refractivity contribution in [3.63, 3.8) is 0 Å². The van der Waals surface area contributed by atoms with Crippen LogP contribution in [0.5, 0.6) is 5.75 Å². The summed E-state index contributed by atoms with van der Waals surface area (Å²) in [7, 11) is 1.73. The van der Waals surface area contributed by atoms with Gasteiger partial charge in [0.25, 0.3) is 0 Å². The Balaban J connectivity index is 1.37. The number of piperazine rings is 1. The summed E-state index contributed by atoms with van der Waals surface area (Å²) >= 11 is 0. The summed E-state index contributed by atoms with van der Waals surface area (Å²) in [6, 6.07) is 12.8. The number of rotatable bonds is 8. The van der Waals surface area contributed by atoms with E-state index in [0.717, 1.165) is 56.5 Å². The van der Waals surface area contributed by atoms with Crippen LogP contribution in [0.15, 0.2) is 61.3 Å². The molecule has 0 saturated carbocycles. The van der Waals surface area contributed by atoms with Crippen molar-refractivity contribution < 1.29 is 4.74 Å². The number of ether oxygens (including phenoxy) is 1. The Morgan fingerprint density at radius 2 is 1.83 bits per heavy atom. The smallest absolute Gasteiger partial charge is 0.142 e. The summed E-state index contributed by atoms with van der Waals surface area (Å²) in [6.07, 6.45) is 7.56. The average Bonchev–Trinajstić information content (AvgIpc) is 3.31. The largest absolute Gasteiger partial charge is 0.495 e. The minimum absolute atomic E-state index is 0.342. The van der Waals surface area contributed by atoms with Gasteiger partial charge in [0.05, 0.1) is 19.1 Å². The fraction of sp³-hybridized carbons (Fsp3) is 0.391. The molecule has 1 N–H and O–H groups in total. The molecule has 4 rings (SSSR count). The fourth-order valence-corrected chi connectivity index (χ4v) is 3.96. The van der Waals surface area contributed by atoms with E-state index in [4.69, 9.17) is 9.72 Å². The molecule has 30 heavy (non-hydrogen) atoms. The highest BCUT2D eigenvalue weighted by molar-refractivity contribution is 5.60. The molecule has 1 atom stereocenters. The number of para-hydroxylation sites is 2. The Morgan fingerprint density at radius 3 is 2.60 bits per heavy atom. The lowest BCUT2D eigenvalue weighted by atomic mass is 10.2. The zero-order chi connectivity index (χ0) is 20.8. The highest BCUT2D eigenvalue weighted by atomic mass is 16.5. The molecule has 158 valence electrons. The highest BCUT2D eigenvalue weighted by Gasteiger charge is 2.22. The van der Waals surface area contributed by atoms with Crippen molar-refractivity contribution in [1.82, 2.24) is 19.9 Å². The van der Waals surface area contributed by atoms with E-state index in [1.165, 1.54) is 5.56 Å². The van der Waals surface area contributed by atoms with Crippen molar-refractivity contribution in [3.8, 4) is 5.75 Å². The van der Waals surface area contributed by atoms with Crippen molar-refractivity contribution >= 4 is 11.5 Å². The number of pyridine rings is 1. The van der Waals surface area contributed by atoms with Crippen LogP contribution in [0, 0.1) is 0 Å². The van der Waals surface area contributed by atoms with E-state index in [-0.39, 0.29) is 0 Å². The molecule has 7 heteroatoms. The van der Waals surface area contributed by atoms with Gasteiger partial charge in [-0.3, -0.25) is 0 Å². The Morgan fingerprint density at radius 1 is 1.03 bits per heavy atom. The Bertz CT molecular complexity index is 921. The summed E-state index contributed by atoms with van der Waals surface area (Å²) in [5.41, 5.74) is 2.40. The summed E-state index contributed by atoms with van der Waals surface area (Å²) in [5.74, 6) is 2.01. The third-order valence-corrected chi connectivity index (χ3v) is 5.56. The third kappa shape index (κ3) is 4.74. The number of nitrogens with zero attached hydrogens (tertiary/aromatic N) is 5. The first kappa shape index (κ1) is 20.2. The number of nitrogens with one attached hydrogen (secondary N) is 1. The third-order valence-electron chi connectivity index (χ3n) is 5.56. The van der Waals surface area contributed by atoms with Crippen LogP contribution in [-0.2, 0) is 13.1 Å². The highest BCUT2D eigenvalue weighted by Crippen LogP contribution is 2.29. The zero-order valence-corrected chi connectivity index (χ0v) is 17.7. The molecule has 1 aromatic carbocycles. The second kappa shape index (κ2) is 9.63. The first-order valence-electron chi connectivity index (χ1n) is 10.5. The van der Waals surface area contributed by atoms with Crippen LogP contribution >= 0.6 is 0 Å². The lowest BCUT2D eigenvalue weighted by molar-refractivity contribution is 0.413. The van der Waals surface area contributed by atoms with Gasteiger partial charge in [0, 0.05) is 69.5 Å². The van der Waals surface area contributed by atoms with Crippen molar-refractivity contribution in [1.29, 1.82) is 0 Å². The van der Waals surface area contributed by atoms with Crippen molar-refractivity contribution in [2.45, 2.75) is 26.1 Å². The molecule has 0 radical (unpaired) electrons. The summed E-state index contributed by atoms with van der Waals surface area (Å²) in [4.78, 5) is 13.6. The number of hydrogen-bond acceptors (Lipinski definition) is 6. The van der Waals surface area contributed by atoms with Gasteiger partial charge in [0.15, 0.2) is 0 Å². The molecular formula is C23H30N6O. The number of benzene rings is 1. The molecular weight excluding hydrogens is 376 g/mol. The van der Waals surface area contributed by atoms with Crippen LogP contribution < -0.4 is 19.9 Å². The van der Waals surface area contributed by atoms with Crippen LogP contribution in [0.4, 0.5) is 11.5 Å². The molecule has 1 fully saturated rings. The van der Waals surface area contributed by atoms with Gasteiger partial charge in [0.2, 0.25) is 0 Å². The molecule has 1 aliphatic rings. The maximum atomic E-state index is 5.54. The van der Waals surface area contributed by atoms with E-state index in [2.05, 4.69) is 49.8 Å². The summed E-state index contributed by atoms with van der Waals surface area (Å²) in [6.45, 7) is 7.65. The van der Waals surface area contributed by atoms with E-state index < -0.39 is 0 Å². The standard InChI is InChI=1S/C23H30N6O/c1-19(17-27-11-10-24-18-27)26-16-20-6-5-9-25-23(20)29-14-12-28(13-15-29)21-7-3-4-8-22(21)30-2/h3-11,18-19,26H,12-17H2,1-2H3. The lowest BCUT2D eigenvalue weighted by Crippen LogP contribution is -2.47. The Labute approximate surface area is 178 Å². The predicted molar refractivity (Wildman–Crippen MR) is 120 cm³/mol. The second-order valence-electron chi connectivity index (χ2n) is 7.67. The van der Waals surface area contributed by atoms with Crippen LogP contribution in [0.25, 0.3) is 0 Å². The van der Waals surface area contributed by atoms with Crippen LogP contribution in [-0.4, -0.2) is 53.9 Å². The molecule has 0 amide bonds. The van der Waals surface area contributed by atoms with Crippen molar-refractivity contribution in [2.24, 2.45) is 0 Å². The van der Waals surface area contributed by atoms with Gasteiger partial charge in [-0.1, -0.05) is 18.2 Å². The SMILES string of the molecule is COc1ccccc1N1CCN(c2ncccc2CNC(C)Cn2ccnc2)CC1. The molecule has 0 bridgehead atoms. The molecule has 7 nitrogen and oxygen atoms in total. The normalized spacial score (nSPS) is 15.3. The van der Waals surface area contributed by atoms with Gasteiger partial charge >= 0.3 is 0 Å². The zero-order valence-electron chi connectivity index (χ0n) is 17.7. The maximum absolute atomic E-state index is 5.54. The fourth-order valence-electron chi connectivity index (χ4n) is 3.96. The van der Waals surface area contributed by atoms with Gasteiger partial charge in [-0.15, -0.1) is 0 Å². The predicted octanol–water partition coefficient (Wildman–Crippen LogP) is 2.79. The quantitative estimate of drug-likeness (QED) is 0.621. The number of aromatic nitrogens is 3. The second-order valence-corrected chi connectivity index (χ2v) is 7.67. The molecule has 1 aliphatic heterocycles. The molecule has 0 aliphatic carbocycles. The van der Waals surface area contributed by atoms with E-state index in [1.54, 1.807) is 7.11 Å². The molecule has 3 heterocycles. The van der Waals surface area contributed by atoms with Crippen LogP contribution in [0.3, 0.4) is 0 Å². The molecule has 1 unspecified atom stereocenters. The number of imidazole rings is 1. The number of anilines is 2. The molecule has 2 aromatic heterocycles. The average molecular weight is 407 g/mol. The summed E-state index contributed by atoms with van der Waals surface area (Å²) < 4.78 is 7.64. The first-order valence-corrected chi connectivity index (χ1v) is 10.5. The Hall–Kier alpha value is -3.06. The van der Waals surface area contributed by atoms with E-state index in [9.17, 15) is 0 Å². The minimum Gasteiger partial charge on any atom is -0.495 e. The lowest BCUT2D eigenvalue weighted by Gasteiger charge is -2.38. The minimum atomic E-state index is 0.342. The first-order chi connectivity index (χ1) is 14.7. The van der Waals surface area contributed by atoms with Crippen molar-refractivity contribution in [3.05, 3.63) is 66.9 Å². The van der Waals surface area contributed by atoms with E-state index >= 15 is 0 Å². The van der Waals surface area contributed by atoms with Crippen molar-refractivity contribution in [2.75, 3.05) is 43.1 Å². The van der Waals surface area contributed by atoms with Gasteiger partial charge in [-0.25, -0.2) is 9.97 Å². The molecule has 3 aromatic rings. The van der Waals surface area contributed by atoms with E-state index in [1.807, 2.05) is 43.1 Å². The van der Waals surface area contributed by atoms with E-state index in [0.29, 0.717) is 6.04 Å². The van der Waals surface area contributed by atoms with Crippen LogP contribution in [0.2, 0.25) is 0 Å². The monoisotopic (exact) mass is 406 g/mol. The van der Waals surface area contributed by atoms with Gasteiger partial charge in [-0.2, -0.15) is 0 Å². The van der Waals surface area contributed by atoms with Crippen LogP contribution in [0.1, 0.15) is 12.5 Å². The Kier molecular flexibility index (Phi) is 6.49. The van der Waals surface area contributed by atoms with Gasteiger partial charge < -0.3 is 24.4 Å². The number of hydrogen-bond donors (Lipinski definition) is 1.